The molecule has 0 amide bonds. The van der Waals surface area contributed by atoms with Gasteiger partial charge >= 0.3 is 0 Å². The number of benzene rings is 1. The highest BCUT2D eigenvalue weighted by molar-refractivity contribution is 7.89. The van der Waals surface area contributed by atoms with E-state index in [1.165, 1.54) is 17.8 Å². The number of hydrogen-bond donors (Lipinski definition) is 1. The lowest BCUT2D eigenvalue weighted by Gasteiger charge is -2.27. The van der Waals surface area contributed by atoms with Crippen molar-refractivity contribution in [1.29, 1.82) is 0 Å². The lowest BCUT2D eigenvalue weighted by molar-refractivity contribution is 0.337. The average Bonchev–Trinajstić information content (AvgIpc) is 2.48. The van der Waals surface area contributed by atoms with E-state index in [4.69, 9.17) is 4.74 Å². The Morgan fingerprint density at radius 2 is 2.20 bits per heavy atom. The highest BCUT2D eigenvalue weighted by Crippen LogP contribution is 2.20. The fourth-order valence-electron chi connectivity index (χ4n) is 2.43. The van der Waals surface area contributed by atoms with Crippen molar-refractivity contribution in [2.45, 2.75) is 30.2 Å². The van der Waals surface area contributed by atoms with Crippen LogP contribution in [-0.2, 0) is 10.0 Å². The van der Waals surface area contributed by atoms with Crippen molar-refractivity contribution >= 4 is 10.0 Å². The second-order valence-electron chi connectivity index (χ2n) is 5.11. The number of hydrogen-bond acceptors (Lipinski definition) is 4. The maximum absolute atomic E-state index is 12.5. The molecule has 1 fully saturated rings. The number of likely N-dealkylation sites (N-methyl/N-ethyl adjacent to an activating group) is 1. The van der Waals surface area contributed by atoms with Crippen LogP contribution in [0.2, 0.25) is 0 Å². The van der Waals surface area contributed by atoms with Crippen molar-refractivity contribution in [3.8, 4) is 5.75 Å². The molecule has 1 saturated heterocycles. The minimum Gasteiger partial charge on any atom is -0.497 e. The average molecular weight is 298 g/mol. The van der Waals surface area contributed by atoms with Crippen LogP contribution in [0.1, 0.15) is 19.3 Å². The fraction of sp³-hybridized carbons (Fsp3) is 0.571. The molecule has 1 atom stereocenters. The molecule has 1 heterocycles. The molecule has 20 heavy (non-hydrogen) atoms. The first-order valence-corrected chi connectivity index (χ1v) is 8.32. The van der Waals surface area contributed by atoms with E-state index in [1.807, 2.05) is 0 Å². The number of piperidine rings is 1. The summed E-state index contributed by atoms with van der Waals surface area (Å²) in [5.74, 6) is 0.551. The van der Waals surface area contributed by atoms with Crippen molar-refractivity contribution in [3.63, 3.8) is 0 Å². The first kappa shape index (κ1) is 15.3. The number of sulfonamides is 1. The van der Waals surface area contributed by atoms with E-state index in [0.717, 1.165) is 19.4 Å². The molecule has 0 radical (unpaired) electrons. The molecular weight excluding hydrogens is 276 g/mol. The van der Waals surface area contributed by atoms with Gasteiger partial charge in [-0.05, 0) is 31.5 Å². The molecule has 6 heteroatoms. The maximum atomic E-state index is 12.5. The predicted molar refractivity (Wildman–Crippen MR) is 78.5 cm³/mol. The van der Waals surface area contributed by atoms with Crippen LogP contribution >= 0.6 is 0 Å². The van der Waals surface area contributed by atoms with Crippen LogP contribution < -0.4 is 10.1 Å². The number of nitrogens with zero attached hydrogens (tertiary/aromatic N) is 1. The lowest BCUT2D eigenvalue weighted by atomic mass is 10.1. The van der Waals surface area contributed by atoms with Gasteiger partial charge in [0, 0.05) is 25.7 Å². The molecule has 1 aromatic carbocycles. The first-order valence-electron chi connectivity index (χ1n) is 6.88. The van der Waals surface area contributed by atoms with E-state index < -0.39 is 10.0 Å². The minimum atomic E-state index is -3.46. The molecule has 1 aromatic rings. The zero-order valence-electron chi connectivity index (χ0n) is 12.0. The van der Waals surface area contributed by atoms with Gasteiger partial charge in [-0.2, -0.15) is 4.31 Å². The molecule has 1 aliphatic heterocycles. The van der Waals surface area contributed by atoms with E-state index in [0.29, 0.717) is 12.3 Å². The third-order valence-corrected chi connectivity index (χ3v) is 5.46. The molecule has 112 valence electrons. The summed E-state index contributed by atoms with van der Waals surface area (Å²) < 4.78 is 31.5. The van der Waals surface area contributed by atoms with Gasteiger partial charge in [0.2, 0.25) is 10.0 Å². The SMILES string of the molecule is COc1cccc(S(=O)(=O)N(C)CC2CCCCN2)c1. The number of methoxy groups -OCH3 is 1. The second-order valence-corrected chi connectivity index (χ2v) is 7.16. The molecule has 1 N–H and O–H groups in total. The van der Waals surface area contributed by atoms with Gasteiger partial charge < -0.3 is 10.1 Å². The van der Waals surface area contributed by atoms with Gasteiger partial charge in [0.05, 0.1) is 12.0 Å². The Hall–Kier alpha value is -1.11. The molecule has 1 unspecified atom stereocenters. The summed E-state index contributed by atoms with van der Waals surface area (Å²) in [7, 11) is -0.298. The van der Waals surface area contributed by atoms with Crippen molar-refractivity contribution < 1.29 is 13.2 Å². The molecule has 0 spiro atoms. The summed E-state index contributed by atoms with van der Waals surface area (Å²) >= 11 is 0. The van der Waals surface area contributed by atoms with E-state index in [-0.39, 0.29) is 10.9 Å². The second kappa shape index (κ2) is 6.56. The smallest absolute Gasteiger partial charge is 0.243 e. The van der Waals surface area contributed by atoms with E-state index in [2.05, 4.69) is 5.32 Å². The Labute approximate surface area is 121 Å². The van der Waals surface area contributed by atoms with Crippen LogP contribution in [0.5, 0.6) is 5.75 Å². The summed E-state index contributed by atoms with van der Waals surface area (Å²) in [4.78, 5) is 0.273. The minimum absolute atomic E-state index is 0.245. The first-order chi connectivity index (χ1) is 9.54. The summed E-state index contributed by atoms with van der Waals surface area (Å²) in [6, 6.07) is 6.83. The van der Waals surface area contributed by atoms with Gasteiger partial charge in [-0.3, -0.25) is 0 Å². The van der Waals surface area contributed by atoms with Crippen molar-refractivity contribution in [2.24, 2.45) is 0 Å². The molecule has 2 rings (SSSR count). The summed E-state index contributed by atoms with van der Waals surface area (Å²) in [5, 5.41) is 3.37. The molecule has 1 aliphatic rings. The quantitative estimate of drug-likeness (QED) is 0.894. The molecule has 5 nitrogen and oxygen atoms in total. The van der Waals surface area contributed by atoms with Crippen LogP contribution in [0.25, 0.3) is 0 Å². The summed E-state index contributed by atoms with van der Waals surface area (Å²) in [6.07, 6.45) is 3.35. The van der Waals surface area contributed by atoms with Gasteiger partial charge in [0.1, 0.15) is 5.75 Å². The van der Waals surface area contributed by atoms with E-state index in [1.54, 1.807) is 31.3 Å². The van der Waals surface area contributed by atoms with Gasteiger partial charge in [-0.25, -0.2) is 8.42 Å². The van der Waals surface area contributed by atoms with Crippen molar-refractivity contribution in [3.05, 3.63) is 24.3 Å². The summed E-state index contributed by atoms with van der Waals surface area (Å²) in [5.41, 5.74) is 0. The normalized spacial score (nSPS) is 20.1. The zero-order chi connectivity index (χ0) is 14.6. The third kappa shape index (κ3) is 3.50. The van der Waals surface area contributed by atoms with Gasteiger partial charge in [-0.15, -0.1) is 0 Å². The fourth-order valence-corrected chi connectivity index (χ4v) is 3.68. The van der Waals surface area contributed by atoms with Gasteiger partial charge in [-0.1, -0.05) is 12.5 Å². The molecule has 0 saturated carbocycles. The maximum Gasteiger partial charge on any atom is 0.243 e. The van der Waals surface area contributed by atoms with Crippen molar-refractivity contribution in [2.75, 3.05) is 27.2 Å². The van der Waals surface area contributed by atoms with E-state index >= 15 is 0 Å². The standard InChI is InChI=1S/C14H22N2O3S/c1-16(11-12-6-3-4-9-15-12)20(17,18)14-8-5-7-13(10-14)19-2/h5,7-8,10,12,15H,3-4,6,9,11H2,1-2H3. The molecular formula is C14H22N2O3S. The summed E-state index contributed by atoms with van der Waals surface area (Å²) in [6.45, 7) is 1.47. The van der Waals surface area contributed by atoms with Crippen LogP contribution in [-0.4, -0.2) is 46.0 Å². The van der Waals surface area contributed by atoms with Crippen LogP contribution in [0.3, 0.4) is 0 Å². The number of ether oxygens (including phenoxy) is 1. The number of nitrogens with one attached hydrogen (secondary N) is 1. The predicted octanol–water partition coefficient (Wildman–Crippen LogP) is 1.46. The molecule has 0 aromatic heterocycles. The monoisotopic (exact) mass is 298 g/mol. The van der Waals surface area contributed by atoms with Crippen LogP contribution in [0.4, 0.5) is 0 Å². The third-order valence-electron chi connectivity index (χ3n) is 3.64. The van der Waals surface area contributed by atoms with E-state index in [9.17, 15) is 8.42 Å². The van der Waals surface area contributed by atoms with Gasteiger partial charge in [0.15, 0.2) is 0 Å². The Morgan fingerprint density at radius 3 is 2.85 bits per heavy atom. The topological polar surface area (TPSA) is 58.6 Å². The lowest BCUT2D eigenvalue weighted by Crippen LogP contribution is -2.44. The van der Waals surface area contributed by atoms with Crippen LogP contribution in [0.15, 0.2) is 29.2 Å². The Balaban J connectivity index is 2.11. The Bertz CT molecular complexity index is 539. The highest BCUT2D eigenvalue weighted by Gasteiger charge is 2.24. The largest absolute Gasteiger partial charge is 0.497 e. The Kier molecular flexibility index (Phi) is 5.01. The highest BCUT2D eigenvalue weighted by atomic mass is 32.2. The van der Waals surface area contributed by atoms with Crippen molar-refractivity contribution in [1.82, 2.24) is 9.62 Å². The zero-order valence-corrected chi connectivity index (χ0v) is 12.8. The van der Waals surface area contributed by atoms with Gasteiger partial charge in [0.25, 0.3) is 0 Å². The molecule has 0 bridgehead atoms. The van der Waals surface area contributed by atoms with Crippen LogP contribution in [0, 0.1) is 0 Å². The Morgan fingerprint density at radius 1 is 1.40 bits per heavy atom. The number of rotatable bonds is 5. The molecule has 0 aliphatic carbocycles.